The largest absolute Gasteiger partial charge is 0.454 e. The lowest BCUT2D eigenvalue weighted by atomic mass is 9.91. The maximum absolute atomic E-state index is 14.2. The molecule has 1 heterocycles. The molecule has 0 radical (unpaired) electrons. The van der Waals surface area contributed by atoms with E-state index in [0.29, 0.717) is 38.0 Å². The molecule has 1 aliphatic rings. The van der Waals surface area contributed by atoms with Gasteiger partial charge in [0, 0.05) is 37.2 Å². The predicted octanol–water partition coefficient (Wildman–Crippen LogP) is 2.95. The van der Waals surface area contributed by atoms with Gasteiger partial charge in [0.25, 0.3) is 5.91 Å². The van der Waals surface area contributed by atoms with Crippen molar-refractivity contribution in [1.29, 1.82) is 0 Å². The third kappa shape index (κ3) is 10.1. The fourth-order valence-electron chi connectivity index (χ4n) is 5.45. The van der Waals surface area contributed by atoms with Gasteiger partial charge in [0.2, 0.25) is 17.7 Å². The number of amides is 4. The van der Waals surface area contributed by atoms with Gasteiger partial charge in [0.15, 0.2) is 6.61 Å². The van der Waals surface area contributed by atoms with Crippen LogP contribution >= 0.6 is 11.8 Å². The zero-order valence-corrected chi connectivity index (χ0v) is 26.7. The van der Waals surface area contributed by atoms with Crippen LogP contribution in [0, 0.1) is 11.8 Å². The van der Waals surface area contributed by atoms with E-state index < -0.39 is 48.4 Å². The number of benzene rings is 2. The number of carbonyl (C=O) groups excluding carboxylic acids is 5. The quantitative estimate of drug-likeness (QED) is 0.205. The van der Waals surface area contributed by atoms with Crippen LogP contribution in [0.5, 0.6) is 0 Å². The van der Waals surface area contributed by atoms with Crippen molar-refractivity contribution in [3.63, 3.8) is 0 Å². The molecule has 10 nitrogen and oxygen atoms in total. The number of esters is 1. The summed E-state index contributed by atoms with van der Waals surface area (Å²) >= 11 is 1.55. The van der Waals surface area contributed by atoms with Gasteiger partial charge in [0.1, 0.15) is 6.04 Å². The zero-order chi connectivity index (χ0) is 32.1. The minimum atomic E-state index is -0.833. The lowest BCUT2D eigenvalue weighted by molar-refractivity contribution is -0.157. The minimum Gasteiger partial charge on any atom is -0.454 e. The Hall–Kier alpha value is -3.86. The molecule has 5 atom stereocenters. The highest BCUT2D eigenvalue weighted by Gasteiger charge is 2.41. The molecule has 11 heteroatoms. The number of nitrogens with one attached hydrogen (secondary N) is 3. The molecule has 3 N–H and O–H groups in total. The number of ether oxygens (including phenoxy) is 1. The van der Waals surface area contributed by atoms with Crippen molar-refractivity contribution in [3.05, 3.63) is 66.2 Å². The number of hydrogen-bond donors (Lipinski definition) is 3. The van der Waals surface area contributed by atoms with E-state index in [-0.39, 0.29) is 17.7 Å². The smallest absolute Gasteiger partial charge is 0.329 e. The highest BCUT2D eigenvalue weighted by Crippen LogP contribution is 2.27. The van der Waals surface area contributed by atoms with Crippen LogP contribution in [0.25, 0.3) is 0 Å². The molecular formula is C33H44N4O6S. The summed E-state index contributed by atoms with van der Waals surface area (Å²) in [5.41, 5.74) is 0.942. The average molecular weight is 625 g/mol. The van der Waals surface area contributed by atoms with E-state index in [1.165, 1.54) is 14.0 Å². The lowest BCUT2D eigenvalue weighted by Gasteiger charge is -2.32. The minimum absolute atomic E-state index is 0.195. The Balaban J connectivity index is 1.74. The van der Waals surface area contributed by atoms with E-state index >= 15 is 0 Å². The van der Waals surface area contributed by atoms with Crippen LogP contribution in [0.2, 0.25) is 0 Å². The standard InChI is InChI=1S/C33H44N4O6S/c1-5-27(22(2)31(40)34-4)36-30(39)20-43-33(42)29-17-12-18-37(29)32(41)26(19-24-13-8-6-9-14-24)28(35-23(3)38)21-44-25-15-10-7-11-16-25/h6-11,13-16,22,26-29H,5,12,17-21H2,1-4H3,(H,34,40)(H,35,38)(H,36,39)/t22-,26?,27?,28?,29-/m0/s1. The molecule has 0 spiro atoms. The van der Waals surface area contributed by atoms with Crippen molar-refractivity contribution < 1.29 is 28.7 Å². The second-order valence-corrected chi connectivity index (χ2v) is 12.1. The molecule has 0 bridgehead atoms. The Kier molecular flexibility index (Phi) is 13.7. The fourth-order valence-corrected chi connectivity index (χ4v) is 6.49. The summed E-state index contributed by atoms with van der Waals surface area (Å²) in [6, 6.07) is 17.6. The molecule has 3 rings (SSSR count). The molecule has 4 amide bonds. The monoisotopic (exact) mass is 624 g/mol. The van der Waals surface area contributed by atoms with Crippen molar-refractivity contribution in [2.75, 3.05) is 26.0 Å². The SMILES string of the molecule is CCC(NC(=O)COC(=O)[C@@H]1CCCN1C(=O)C(Cc1ccccc1)C(CSc1ccccc1)NC(C)=O)[C@H](C)C(=O)NC. The summed E-state index contributed by atoms with van der Waals surface area (Å²) in [5.74, 6) is -2.46. The van der Waals surface area contributed by atoms with E-state index in [0.717, 1.165) is 10.5 Å². The summed E-state index contributed by atoms with van der Waals surface area (Å²) in [5, 5.41) is 8.34. The van der Waals surface area contributed by atoms with Crippen LogP contribution < -0.4 is 16.0 Å². The number of rotatable bonds is 15. The van der Waals surface area contributed by atoms with Crippen molar-refractivity contribution in [3.8, 4) is 0 Å². The van der Waals surface area contributed by atoms with Gasteiger partial charge in [-0.25, -0.2) is 4.79 Å². The Morgan fingerprint density at radius 3 is 2.25 bits per heavy atom. The van der Waals surface area contributed by atoms with Crippen molar-refractivity contribution in [2.24, 2.45) is 11.8 Å². The van der Waals surface area contributed by atoms with Gasteiger partial charge < -0.3 is 25.6 Å². The zero-order valence-electron chi connectivity index (χ0n) is 25.9. The second-order valence-electron chi connectivity index (χ2n) is 11.0. The van der Waals surface area contributed by atoms with E-state index in [1.807, 2.05) is 67.6 Å². The predicted molar refractivity (Wildman–Crippen MR) is 170 cm³/mol. The topological polar surface area (TPSA) is 134 Å². The summed E-state index contributed by atoms with van der Waals surface area (Å²) < 4.78 is 5.39. The third-order valence-corrected chi connectivity index (χ3v) is 9.00. The van der Waals surface area contributed by atoms with E-state index in [1.54, 1.807) is 23.6 Å². The molecule has 0 aromatic heterocycles. The summed E-state index contributed by atoms with van der Waals surface area (Å²) in [4.78, 5) is 66.9. The van der Waals surface area contributed by atoms with Gasteiger partial charge in [-0.05, 0) is 43.4 Å². The maximum Gasteiger partial charge on any atom is 0.329 e. The molecule has 1 aliphatic heterocycles. The van der Waals surface area contributed by atoms with Crippen LogP contribution in [-0.2, 0) is 35.1 Å². The number of thioether (sulfide) groups is 1. The fraction of sp³-hybridized carbons (Fsp3) is 0.485. The van der Waals surface area contributed by atoms with Crippen molar-refractivity contribution >= 4 is 41.4 Å². The van der Waals surface area contributed by atoms with Crippen LogP contribution in [0.4, 0.5) is 0 Å². The molecule has 2 aromatic rings. The van der Waals surface area contributed by atoms with Crippen LogP contribution in [-0.4, -0.2) is 78.6 Å². The van der Waals surface area contributed by atoms with E-state index in [2.05, 4.69) is 16.0 Å². The number of likely N-dealkylation sites (tertiary alicyclic amines) is 1. The first-order chi connectivity index (χ1) is 21.1. The highest BCUT2D eigenvalue weighted by molar-refractivity contribution is 7.99. The molecular weight excluding hydrogens is 580 g/mol. The normalized spacial score (nSPS) is 17.1. The Bertz CT molecular complexity index is 1260. The van der Waals surface area contributed by atoms with Gasteiger partial charge in [-0.1, -0.05) is 62.4 Å². The molecule has 0 saturated carbocycles. The summed E-state index contributed by atoms with van der Waals surface area (Å²) in [7, 11) is 1.54. The highest BCUT2D eigenvalue weighted by atomic mass is 32.2. The van der Waals surface area contributed by atoms with Crippen molar-refractivity contribution in [2.45, 2.75) is 69.5 Å². The molecule has 0 aliphatic carbocycles. The summed E-state index contributed by atoms with van der Waals surface area (Å²) in [6.45, 7) is 4.88. The molecule has 238 valence electrons. The third-order valence-electron chi connectivity index (χ3n) is 7.87. The first kappa shape index (κ1) is 34.6. The molecule has 1 fully saturated rings. The van der Waals surface area contributed by atoms with Crippen LogP contribution in [0.1, 0.15) is 45.6 Å². The first-order valence-corrected chi connectivity index (χ1v) is 16.1. The Morgan fingerprint density at radius 2 is 1.64 bits per heavy atom. The van der Waals surface area contributed by atoms with Gasteiger partial charge in [0.05, 0.1) is 17.9 Å². The molecule has 1 saturated heterocycles. The summed E-state index contributed by atoms with van der Waals surface area (Å²) in [6.07, 6.45) is 1.93. The van der Waals surface area contributed by atoms with Gasteiger partial charge in [-0.15, -0.1) is 11.8 Å². The van der Waals surface area contributed by atoms with E-state index in [4.69, 9.17) is 4.74 Å². The van der Waals surface area contributed by atoms with Gasteiger partial charge in [-0.3, -0.25) is 19.2 Å². The molecule has 44 heavy (non-hydrogen) atoms. The van der Waals surface area contributed by atoms with Crippen LogP contribution in [0.3, 0.4) is 0 Å². The Labute approximate surface area is 264 Å². The molecule has 3 unspecified atom stereocenters. The van der Waals surface area contributed by atoms with E-state index in [9.17, 15) is 24.0 Å². The Morgan fingerprint density at radius 1 is 0.977 bits per heavy atom. The number of carbonyl (C=O) groups is 5. The van der Waals surface area contributed by atoms with Gasteiger partial charge >= 0.3 is 5.97 Å². The van der Waals surface area contributed by atoms with Crippen LogP contribution in [0.15, 0.2) is 65.6 Å². The lowest BCUT2D eigenvalue weighted by Crippen LogP contribution is -2.52. The average Bonchev–Trinajstić information content (AvgIpc) is 3.53. The number of hydrogen-bond acceptors (Lipinski definition) is 7. The van der Waals surface area contributed by atoms with Crippen molar-refractivity contribution in [1.82, 2.24) is 20.9 Å². The second kappa shape index (κ2) is 17.4. The maximum atomic E-state index is 14.2. The van der Waals surface area contributed by atoms with Gasteiger partial charge in [-0.2, -0.15) is 0 Å². The molecule has 2 aromatic carbocycles. The first-order valence-electron chi connectivity index (χ1n) is 15.1. The number of nitrogens with zero attached hydrogens (tertiary/aromatic N) is 1.